The minimum absolute atomic E-state index is 0.508. The van der Waals surface area contributed by atoms with E-state index < -0.39 is 0 Å². The Bertz CT molecular complexity index is 841. The third-order valence-corrected chi connectivity index (χ3v) is 5.49. The van der Waals surface area contributed by atoms with Gasteiger partial charge in [-0.2, -0.15) is 0 Å². The van der Waals surface area contributed by atoms with Crippen molar-refractivity contribution >= 4 is 11.3 Å². The second-order valence-corrected chi connectivity index (χ2v) is 8.20. The highest BCUT2D eigenvalue weighted by Crippen LogP contribution is 2.27. The van der Waals surface area contributed by atoms with Crippen LogP contribution in [0, 0.1) is 5.92 Å². The number of aromatic nitrogens is 3. The minimum atomic E-state index is 0.508. The van der Waals surface area contributed by atoms with Crippen molar-refractivity contribution in [3.05, 3.63) is 58.9 Å². The predicted octanol–water partition coefficient (Wildman–Crippen LogP) is 6.11. The third kappa shape index (κ3) is 7.13. The maximum atomic E-state index is 6.20. The first kappa shape index (κ1) is 21.2. The molecule has 3 aromatic heterocycles. The van der Waals surface area contributed by atoms with Gasteiger partial charge < -0.3 is 9.47 Å². The molecule has 0 aliphatic carbocycles. The van der Waals surface area contributed by atoms with E-state index in [0.717, 1.165) is 29.3 Å². The quantitative estimate of drug-likeness (QED) is 0.337. The van der Waals surface area contributed by atoms with Crippen molar-refractivity contribution in [1.82, 2.24) is 15.0 Å². The first-order valence-electron chi connectivity index (χ1n) is 10.3. The Balaban J connectivity index is 1.68. The Labute approximate surface area is 177 Å². The van der Waals surface area contributed by atoms with Gasteiger partial charge in [-0.15, -0.1) is 11.3 Å². The van der Waals surface area contributed by atoms with Crippen molar-refractivity contribution in [2.75, 3.05) is 6.61 Å². The first-order valence-corrected chi connectivity index (χ1v) is 11.2. The number of nitrogens with zero attached hydrogens (tertiary/aromatic N) is 3. The minimum Gasteiger partial charge on any atom is -0.491 e. The lowest BCUT2D eigenvalue weighted by atomic mass is 10.0. The number of aryl methyl sites for hydroxylation is 2. The Hall–Kier alpha value is -2.47. The molecule has 0 spiro atoms. The van der Waals surface area contributed by atoms with Gasteiger partial charge in [0.15, 0.2) is 5.75 Å². The van der Waals surface area contributed by atoms with Crippen molar-refractivity contribution in [2.45, 2.75) is 52.4 Å². The summed E-state index contributed by atoms with van der Waals surface area (Å²) in [4.78, 5) is 13.2. The van der Waals surface area contributed by atoms with Crippen molar-refractivity contribution in [1.29, 1.82) is 0 Å². The molecule has 0 fully saturated rings. The Morgan fingerprint density at radius 2 is 2.00 bits per heavy atom. The molecule has 154 valence electrons. The largest absolute Gasteiger partial charge is 0.491 e. The molecule has 3 aromatic rings. The molecule has 0 saturated heterocycles. The molecule has 6 heteroatoms. The number of rotatable bonds is 12. The van der Waals surface area contributed by atoms with E-state index in [2.05, 4.69) is 28.8 Å². The smallest absolute Gasteiger partial charge is 0.219 e. The molecule has 0 saturated carbocycles. The van der Waals surface area contributed by atoms with Crippen LogP contribution in [0.2, 0.25) is 0 Å². The summed E-state index contributed by atoms with van der Waals surface area (Å²) in [6, 6.07) is 7.51. The Morgan fingerprint density at radius 3 is 2.76 bits per heavy atom. The van der Waals surface area contributed by atoms with E-state index in [1.54, 1.807) is 23.7 Å². The van der Waals surface area contributed by atoms with Crippen LogP contribution < -0.4 is 9.47 Å². The third-order valence-electron chi connectivity index (χ3n) is 4.65. The molecule has 1 atom stereocenters. The number of pyridine rings is 2. The van der Waals surface area contributed by atoms with Crippen LogP contribution in [0.3, 0.4) is 0 Å². The molecule has 0 radical (unpaired) electrons. The van der Waals surface area contributed by atoms with Gasteiger partial charge in [-0.25, -0.2) is 9.97 Å². The van der Waals surface area contributed by atoms with Gasteiger partial charge in [0.25, 0.3) is 0 Å². The summed E-state index contributed by atoms with van der Waals surface area (Å²) in [5.41, 5.74) is 0.939. The van der Waals surface area contributed by atoms with E-state index in [1.165, 1.54) is 25.7 Å². The van der Waals surface area contributed by atoms with Crippen LogP contribution >= 0.6 is 11.3 Å². The van der Waals surface area contributed by atoms with Crippen LogP contribution in [0.15, 0.2) is 48.2 Å². The Morgan fingerprint density at radius 1 is 1.07 bits per heavy atom. The van der Waals surface area contributed by atoms with E-state index in [-0.39, 0.29) is 0 Å². The molecule has 1 unspecified atom stereocenters. The fourth-order valence-corrected chi connectivity index (χ4v) is 3.63. The zero-order valence-corrected chi connectivity index (χ0v) is 18.0. The van der Waals surface area contributed by atoms with Gasteiger partial charge in [0.05, 0.1) is 23.5 Å². The van der Waals surface area contributed by atoms with Crippen molar-refractivity contribution < 1.29 is 9.47 Å². The van der Waals surface area contributed by atoms with Crippen molar-refractivity contribution in [3.63, 3.8) is 0 Å². The highest BCUT2D eigenvalue weighted by atomic mass is 32.1. The fourth-order valence-electron chi connectivity index (χ4n) is 3.01. The van der Waals surface area contributed by atoms with Gasteiger partial charge in [0, 0.05) is 36.3 Å². The topological polar surface area (TPSA) is 57.1 Å². The molecular weight excluding hydrogens is 382 g/mol. The number of ether oxygens (including phenoxy) is 2. The lowest BCUT2D eigenvalue weighted by Gasteiger charge is -2.16. The van der Waals surface area contributed by atoms with Gasteiger partial charge in [-0.1, -0.05) is 39.2 Å². The molecular formula is C23H29N3O2S. The summed E-state index contributed by atoms with van der Waals surface area (Å²) in [6.45, 7) is 5.16. The molecule has 0 bridgehead atoms. The Kier molecular flexibility index (Phi) is 8.43. The average Bonchev–Trinajstić information content (AvgIpc) is 3.26. The molecule has 0 aliphatic heterocycles. The van der Waals surface area contributed by atoms with Crippen LogP contribution in [0.1, 0.15) is 50.2 Å². The lowest BCUT2D eigenvalue weighted by Crippen LogP contribution is -2.11. The van der Waals surface area contributed by atoms with E-state index in [1.807, 2.05) is 35.8 Å². The highest BCUT2D eigenvalue weighted by molar-refractivity contribution is 7.09. The molecule has 3 heterocycles. The van der Waals surface area contributed by atoms with Crippen LogP contribution in [-0.4, -0.2) is 21.6 Å². The van der Waals surface area contributed by atoms with Crippen LogP contribution in [0.4, 0.5) is 0 Å². The zero-order chi connectivity index (χ0) is 20.3. The summed E-state index contributed by atoms with van der Waals surface area (Å²) in [7, 11) is 0. The molecule has 3 rings (SSSR count). The fraction of sp³-hybridized carbons (Fsp3) is 0.435. The lowest BCUT2D eigenvalue weighted by molar-refractivity contribution is 0.245. The monoisotopic (exact) mass is 411 g/mol. The SMILES string of the molecule is CCCCCC(C)COc1cc(Oc2ccccn2)cnc1CCc1nccs1. The van der Waals surface area contributed by atoms with E-state index in [4.69, 9.17) is 9.47 Å². The van der Waals surface area contributed by atoms with Gasteiger partial charge in [-0.05, 0) is 24.8 Å². The summed E-state index contributed by atoms with van der Waals surface area (Å²) >= 11 is 1.67. The van der Waals surface area contributed by atoms with Crippen LogP contribution in [0.25, 0.3) is 0 Å². The van der Waals surface area contributed by atoms with Crippen molar-refractivity contribution in [2.24, 2.45) is 5.92 Å². The van der Waals surface area contributed by atoms with E-state index in [0.29, 0.717) is 24.2 Å². The van der Waals surface area contributed by atoms with E-state index in [9.17, 15) is 0 Å². The van der Waals surface area contributed by atoms with Crippen LogP contribution in [0.5, 0.6) is 17.4 Å². The first-order chi connectivity index (χ1) is 14.2. The molecule has 0 amide bonds. The number of hydrogen-bond acceptors (Lipinski definition) is 6. The van der Waals surface area contributed by atoms with Gasteiger partial charge in [0.1, 0.15) is 5.75 Å². The average molecular weight is 412 g/mol. The number of unbranched alkanes of at least 4 members (excludes halogenated alkanes) is 2. The van der Waals surface area contributed by atoms with E-state index >= 15 is 0 Å². The van der Waals surface area contributed by atoms with Gasteiger partial charge >= 0.3 is 0 Å². The predicted molar refractivity (Wildman–Crippen MR) is 117 cm³/mol. The summed E-state index contributed by atoms with van der Waals surface area (Å²) in [6.07, 6.45) is 11.9. The van der Waals surface area contributed by atoms with Crippen molar-refractivity contribution in [3.8, 4) is 17.4 Å². The maximum absolute atomic E-state index is 6.20. The summed E-state index contributed by atoms with van der Waals surface area (Å²) in [5.74, 6) is 2.48. The molecule has 0 aromatic carbocycles. The molecule has 5 nitrogen and oxygen atoms in total. The molecule has 0 N–H and O–H groups in total. The normalized spacial score (nSPS) is 11.9. The second kappa shape index (κ2) is 11.5. The number of hydrogen-bond donors (Lipinski definition) is 0. The second-order valence-electron chi connectivity index (χ2n) is 7.22. The zero-order valence-electron chi connectivity index (χ0n) is 17.2. The maximum Gasteiger partial charge on any atom is 0.219 e. The van der Waals surface area contributed by atoms with Crippen LogP contribution in [-0.2, 0) is 12.8 Å². The summed E-state index contributed by atoms with van der Waals surface area (Å²) < 4.78 is 12.0. The highest BCUT2D eigenvalue weighted by Gasteiger charge is 2.12. The molecule has 0 aliphatic rings. The number of thiazole rings is 1. The summed E-state index contributed by atoms with van der Waals surface area (Å²) in [5, 5.41) is 3.11. The van der Waals surface area contributed by atoms with Gasteiger partial charge in [0.2, 0.25) is 5.88 Å². The molecule has 29 heavy (non-hydrogen) atoms. The van der Waals surface area contributed by atoms with Gasteiger partial charge in [-0.3, -0.25) is 4.98 Å². The standard InChI is InChI=1S/C23H29N3O2S/c1-3-4-5-8-18(2)17-27-21-15-19(28-22-9-6-7-12-24-22)16-26-20(21)10-11-23-25-13-14-29-23/h6-7,9,12-16,18H,3-5,8,10-11,17H2,1-2H3.